The molecule has 2 heterocycles. The van der Waals surface area contributed by atoms with Gasteiger partial charge in [-0.2, -0.15) is 0 Å². The number of ether oxygens (including phenoxy) is 1. The molecule has 1 amide bonds. The fourth-order valence-corrected chi connectivity index (χ4v) is 3.19. The first kappa shape index (κ1) is 24.0. The molecule has 9 heteroatoms. The van der Waals surface area contributed by atoms with Gasteiger partial charge in [-0.25, -0.2) is 19.7 Å². The number of rotatable bonds is 7. The van der Waals surface area contributed by atoms with Crippen molar-refractivity contribution < 1.29 is 14.0 Å². The van der Waals surface area contributed by atoms with Crippen LogP contribution in [0.15, 0.2) is 24.9 Å². The summed E-state index contributed by atoms with van der Waals surface area (Å²) >= 11 is 0. The Morgan fingerprint density at radius 2 is 1.73 bits per heavy atom. The van der Waals surface area contributed by atoms with Gasteiger partial charge in [-0.3, -0.25) is 4.57 Å². The maximum atomic E-state index is 11.7. The second kappa shape index (κ2) is 9.26. The second-order valence-electron chi connectivity index (χ2n) is 9.89. The molecule has 0 bridgehead atoms. The molecule has 0 radical (unpaired) electrons. The number of nitrogens with one attached hydrogen (secondary N) is 1. The van der Waals surface area contributed by atoms with E-state index < -0.39 is 20.0 Å². The highest BCUT2D eigenvalue weighted by atomic mass is 28.4. The topological polar surface area (TPSA) is 91.2 Å². The molecular weight excluding hydrogens is 398 g/mol. The standard InChI is InChI=1S/C21H35N5O3Si/c1-20(2,3)29-19(27)22-10-9-16-11-23-18(24-12-16)26-13-17(25-15-26)14-28-30(7,8)21(4,5)6/h11-13,15H,9-10,14H2,1-8H3,(H,22,27). The van der Waals surface area contributed by atoms with Crippen LogP contribution >= 0.6 is 0 Å². The van der Waals surface area contributed by atoms with Crippen LogP contribution in [0.1, 0.15) is 52.8 Å². The minimum atomic E-state index is -1.82. The van der Waals surface area contributed by atoms with E-state index in [1.54, 1.807) is 23.3 Å². The number of carbonyl (C=O) groups is 1. The van der Waals surface area contributed by atoms with Crippen LogP contribution in [0.2, 0.25) is 18.1 Å². The third-order valence-corrected chi connectivity index (χ3v) is 9.51. The van der Waals surface area contributed by atoms with Crippen molar-refractivity contribution in [2.75, 3.05) is 6.54 Å². The minimum Gasteiger partial charge on any atom is -0.444 e. The predicted molar refractivity (Wildman–Crippen MR) is 119 cm³/mol. The van der Waals surface area contributed by atoms with Crippen molar-refractivity contribution in [3.63, 3.8) is 0 Å². The van der Waals surface area contributed by atoms with Gasteiger partial charge in [0, 0.05) is 25.1 Å². The molecule has 0 unspecified atom stereocenters. The van der Waals surface area contributed by atoms with Crippen molar-refractivity contribution in [1.82, 2.24) is 24.8 Å². The zero-order valence-corrected chi connectivity index (χ0v) is 20.4. The highest BCUT2D eigenvalue weighted by Gasteiger charge is 2.37. The molecule has 2 aromatic heterocycles. The fraction of sp³-hybridized carbons (Fsp3) is 0.619. The van der Waals surface area contributed by atoms with Crippen LogP contribution in [0.4, 0.5) is 4.79 Å². The lowest BCUT2D eigenvalue weighted by Gasteiger charge is -2.35. The molecule has 0 aliphatic heterocycles. The summed E-state index contributed by atoms with van der Waals surface area (Å²) in [5.41, 5.74) is 1.28. The summed E-state index contributed by atoms with van der Waals surface area (Å²) in [6, 6.07) is 0. The largest absolute Gasteiger partial charge is 0.444 e. The lowest BCUT2D eigenvalue weighted by molar-refractivity contribution is 0.0528. The summed E-state index contributed by atoms with van der Waals surface area (Å²) in [7, 11) is -1.82. The van der Waals surface area contributed by atoms with Crippen LogP contribution in [0, 0.1) is 0 Å². The Morgan fingerprint density at radius 1 is 1.10 bits per heavy atom. The molecule has 1 N–H and O–H groups in total. The van der Waals surface area contributed by atoms with Crippen molar-refractivity contribution >= 4 is 14.4 Å². The Balaban J connectivity index is 1.88. The van der Waals surface area contributed by atoms with Crippen LogP contribution in [0.25, 0.3) is 5.95 Å². The van der Waals surface area contributed by atoms with Gasteiger partial charge in [0.25, 0.3) is 0 Å². The molecule has 2 rings (SSSR count). The molecule has 0 aliphatic carbocycles. The maximum absolute atomic E-state index is 11.7. The Kier molecular flexibility index (Phi) is 7.41. The molecule has 0 fully saturated rings. The first-order valence-electron chi connectivity index (χ1n) is 10.2. The molecule has 0 saturated carbocycles. The summed E-state index contributed by atoms with van der Waals surface area (Å²) in [4.78, 5) is 24.9. The summed E-state index contributed by atoms with van der Waals surface area (Å²) in [6.07, 6.45) is 7.30. The van der Waals surface area contributed by atoms with Crippen LogP contribution in [-0.2, 0) is 22.2 Å². The normalized spacial score (nSPS) is 12.7. The van der Waals surface area contributed by atoms with E-state index in [2.05, 4.69) is 54.1 Å². The average Bonchev–Trinajstić information content (AvgIpc) is 3.07. The monoisotopic (exact) mass is 433 g/mol. The van der Waals surface area contributed by atoms with Gasteiger partial charge < -0.3 is 14.5 Å². The molecular formula is C21H35N5O3Si. The number of alkyl carbamates (subject to hydrolysis) is 1. The summed E-state index contributed by atoms with van der Waals surface area (Å²) in [6.45, 7) is 17.5. The van der Waals surface area contributed by atoms with Crippen LogP contribution < -0.4 is 5.32 Å². The maximum Gasteiger partial charge on any atom is 0.407 e. The SMILES string of the molecule is CC(C)(C)OC(=O)NCCc1cnc(-n2cnc(CO[Si](C)(C)C(C)(C)C)c2)nc1. The molecule has 0 saturated heterocycles. The minimum absolute atomic E-state index is 0.160. The van der Waals surface area contributed by atoms with Gasteiger partial charge in [0.15, 0.2) is 8.32 Å². The average molecular weight is 434 g/mol. The first-order valence-corrected chi connectivity index (χ1v) is 13.1. The van der Waals surface area contributed by atoms with E-state index in [9.17, 15) is 4.79 Å². The quantitative estimate of drug-likeness (QED) is 0.656. The van der Waals surface area contributed by atoms with Crippen molar-refractivity contribution in [2.45, 2.75) is 78.3 Å². The molecule has 0 aromatic carbocycles. The zero-order chi connectivity index (χ0) is 22.6. The van der Waals surface area contributed by atoms with E-state index in [1.807, 2.05) is 27.0 Å². The van der Waals surface area contributed by atoms with Gasteiger partial charge in [0.05, 0.1) is 12.3 Å². The van der Waals surface area contributed by atoms with Crippen molar-refractivity contribution in [3.05, 3.63) is 36.2 Å². The predicted octanol–water partition coefficient (Wildman–Crippen LogP) is 4.25. The van der Waals surface area contributed by atoms with E-state index in [1.165, 1.54) is 0 Å². The van der Waals surface area contributed by atoms with E-state index in [0.717, 1.165) is 11.3 Å². The number of amides is 1. The molecule has 0 spiro atoms. The summed E-state index contributed by atoms with van der Waals surface area (Å²) in [5, 5.41) is 2.89. The van der Waals surface area contributed by atoms with Crippen molar-refractivity contribution in [2.24, 2.45) is 0 Å². The molecule has 30 heavy (non-hydrogen) atoms. The first-order chi connectivity index (χ1) is 13.8. The second-order valence-corrected chi connectivity index (χ2v) is 14.7. The zero-order valence-electron chi connectivity index (χ0n) is 19.4. The molecule has 8 nitrogen and oxygen atoms in total. The highest BCUT2D eigenvalue weighted by Crippen LogP contribution is 2.36. The number of aromatic nitrogens is 4. The van der Waals surface area contributed by atoms with Gasteiger partial charge in [0.2, 0.25) is 5.95 Å². The number of imidazole rings is 1. The fourth-order valence-electron chi connectivity index (χ4n) is 2.25. The van der Waals surface area contributed by atoms with Crippen molar-refractivity contribution in [1.29, 1.82) is 0 Å². The van der Waals surface area contributed by atoms with E-state index in [4.69, 9.17) is 9.16 Å². The summed E-state index contributed by atoms with van der Waals surface area (Å²) in [5.74, 6) is 0.546. The number of hydrogen-bond acceptors (Lipinski definition) is 6. The van der Waals surface area contributed by atoms with E-state index in [-0.39, 0.29) is 5.04 Å². The lowest BCUT2D eigenvalue weighted by Crippen LogP contribution is -2.40. The van der Waals surface area contributed by atoms with Gasteiger partial charge in [-0.05, 0) is 50.9 Å². The highest BCUT2D eigenvalue weighted by molar-refractivity contribution is 6.74. The van der Waals surface area contributed by atoms with Gasteiger partial charge >= 0.3 is 6.09 Å². The Labute approximate surface area is 180 Å². The smallest absolute Gasteiger partial charge is 0.407 e. The third kappa shape index (κ3) is 7.21. The Bertz CT molecular complexity index is 836. The lowest BCUT2D eigenvalue weighted by atomic mass is 10.2. The molecule has 0 aliphatic rings. The van der Waals surface area contributed by atoms with Gasteiger partial charge in [-0.1, -0.05) is 20.8 Å². The molecule has 0 atom stereocenters. The number of carbonyl (C=O) groups excluding carboxylic acids is 1. The molecule has 166 valence electrons. The van der Waals surface area contributed by atoms with Crippen LogP contribution in [0.3, 0.4) is 0 Å². The third-order valence-electron chi connectivity index (χ3n) is 5.03. The van der Waals surface area contributed by atoms with Gasteiger partial charge in [0.1, 0.15) is 11.9 Å². The van der Waals surface area contributed by atoms with Crippen LogP contribution in [-0.4, -0.2) is 46.1 Å². The van der Waals surface area contributed by atoms with E-state index >= 15 is 0 Å². The van der Waals surface area contributed by atoms with E-state index in [0.29, 0.717) is 25.5 Å². The van der Waals surface area contributed by atoms with Gasteiger partial charge in [-0.15, -0.1) is 0 Å². The van der Waals surface area contributed by atoms with Crippen LogP contribution in [0.5, 0.6) is 0 Å². The van der Waals surface area contributed by atoms with Crippen molar-refractivity contribution in [3.8, 4) is 5.95 Å². The Morgan fingerprint density at radius 3 is 2.30 bits per heavy atom. The number of nitrogens with zero attached hydrogens (tertiary/aromatic N) is 4. The molecule has 2 aromatic rings. The Hall–Kier alpha value is -2.26. The summed E-state index contributed by atoms with van der Waals surface area (Å²) < 4.78 is 13.2. The number of hydrogen-bond donors (Lipinski definition) is 1.